The molecule has 0 saturated heterocycles. The number of hydrogen-bond acceptors (Lipinski definition) is 9. The quantitative estimate of drug-likeness (QED) is 0.278. The van der Waals surface area contributed by atoms with E-state index in [2.05, 4.69) is 48.1 Å². The Bertz CT molecular complexity index is 1780. The van der Waals surface area contributed by atoms with E-state index in [1.807, 2.05) is 50.6 Å². The van der Waals surface area contributed by atoms with Crippen molar-refractivity contribution in [3.8, 4) is 11.1 Å². The lowest BCUT2D eigenvalue weighted by molar-refractivity contribution is -0.117. The first-order chi connectivity index (χ1) is 21.1. The molecule has 1 fully saturated rings. The van der Waals surface area contributed by atoms with Crippen molar-refractivity contribution in [1.82, 2.24) is 35.2 Å². The summed E-state index contributed by atoms with van der Waals surface area (Å²) in [6, 6.07) is 11.1. The van der Waals surface area contributed by atoms with Gasteiger partial charge in [0.15, 0.2) is 11.5 Å². The Morgan fingerprint density at radius 2 is 1.84 bits per heavy atom. The van der Waals surface area contributed by atoms with Gasteiger partial charge in [0.1, 0.15) is 5.69 Å². The van der Waals surface area contributed by atoms with Crippen molar-refractivity contribution in [3.05, 3.63) is 71.4 Å². The predicted octanol–water partition coefficient (Wildman–Crippen LogP) is 3.51. The number of fused-ring (bicyclic) bond motifs is 3. The molecule has 4 aromatic rings. The highest BCUT2D eigenvalue weighted by Crippen LogP contribution is 2.48. The van der Waals surface area contributed by atoms with Crippen LogP contribution in [0, 0.1) is 5.92 Å². The second-order valence-corrected chi connectivity index (χ2v) is 11.2. The number of aromatic nitrogens is 5. The Balaban J connectivity index is 1.32. The summed E-state index contributed by atoms with van der Waals surface area (Å²) < 4.78 is 1.71. The van der Waals surface area contributed by atoms with Gasteiger partial charge in [-0.05, 0) is 43.5 Å². The summed E-state index contributed by atoms with van der Waals surface area (Å²) in [5, 5.41) is 21.3. The van der Waals surface area contributed by atoms with Crippen LogP contribution in [0.1, 0.15) is 58.0 Å². The molecule has 0 bridgehead atoms. The number of carbonyl (C=O) groups excluding carboxylic acids is 3. The van der Waals surface area contributed by atoms with Crippen LogP contribution in [0.25, 0.3) is 11.1 Å². The highest BCUT2D eigenvalue weighted by molar-refractivity contribution is 6.01. The minimum atomic E-state index is -0.411. The molecule has 0 spiro atoms. The third kappa shape index (κ3) is 5.43. The second kappa shape index (κ2) is 11.4. The summed E-state index contributed by atoms with van der Waals surface area (Å²) in [7, 11) is 7.09. The zero-order valence-corrected chi connectivity index (χ0v) is 25.3. The molecule has 1 aliphatic carbocycles. The first-order valence-corrected chi connectivity index (χ1v) is 14.4. The van der Waals surface area contributed by atoms with Crippen molar-refractivity contribution in [1.29, 1.82) is 0 Å². The Labute approximate surface area is 254 Å². The Kier molecular flexibility index (Phi) is 7.45. The number of pyridine rings is 1. The van der Waals surface area contributed by atoms with Crippen molar-refractivity contribution in [3.63, 3.8) is 0 Å². The number of anilines is 4. The fraction of sp³-hybridized carbons (Fsp3) is 0.323. The van der Waals surface area contributed by atoms with Gasteiger partial charge in [0.25, 0.3) is 11.8 Å². The molecule has 6 rings (SSSR count). The maximum Gasteiger partial charge on any atom is 0.273 e. The van der Waals surface area contributed by atoms with Crippen molar-refractivity contribution in [2.45, 2.75) is 32.4 Å². The van der Waals surface area contributed by atoms with Crippen LogP contribution in [-0.2, 0) is 18.4 Å². The normalized spacial score (nSPS) is 15.2. The van der Waals surface area contributed by atoms with Gasteiger partial charge in [-0.3, -0.25) is 24.0 Å². The van der Waals surface area contributed by atoms with Crippen LogP contribution in [-0.4, -0.2) is 68.7 Å². The average molecular weight is 595 g/mol. The summed E-state index contributed by atoms with van der Waals surface area (Å²) >= 11 is 0. The Morgan fingerprint density at radius 1 is 1.05 bits per heavy atom. The van der Waals surface area contributed by atoms with E-state index in [1.165, 1.54) is 7.05 Å². The molecule has 44 heavy (non-hydrogen) atoms. The van der Waals surface area contributed by atoms with Gasteiger partial charge in [-0.2, -0.15) is 5.10 Å². The molecule has 13 heteroatoms. The van der Waals surface area contributed by atoms with Gasteiger partial charge in [0.05, 0.1) is 35.3 Å². The maximum absolute atomic E-state index is 13.3. The lowest BCUT2D eigenvalue weighted by Crippen LogP contribution is -2.30. The number of nitrogens with one attached hydrogen (secondary N) is 3. The van der Waals surface area contributed by atoms with Crippen molar-refractivity contribution in [2.75, 3.05) is 36.7 Å². The number of hydrogen-bond donors (Lipinski definition) is 3. The van der Waals surface area contributed by atoms with Crippen molar-refractivity contribution >= 4 is 40.6 Å². The Morgan fingerprint density at radius 3 is 2.55 bits per heavy atom. The number of amides is 3. The summed E-state index contributed by atoms with van der Waals surface area (Å²) in [5.74, 6) is -0.442. The van der Waals surface area contributed by atoms with Crippen molar-refractivity contribution in [2.24, 2.45) is 13.0 Å². The number of para-hydroxylation sites is 1. The fourth-order valence-electron chi connectivity index (χ4n) is 5.41. The lowest BCUT2D eigenvalue weighted by Gasteiger charge is -2.37. The molecule has 3 aromatic heterocycles. The molecule has 1 unspecified atom stereocenters. The molecule has 1 aliphatic heterocycles. The minimum Gasteiger partial charge on any atom is -0.366 e. The SMILES string of the molecule is CNC(=O)c1nnc(NC(=O)C2CC2)cc1Nc1cccc2c1N(C)C(C)c1cc(C(=O)N(C)Cc3ccn(C)n3)ncc1-2. The fourth-order valence-corrected chi connectivity index (χ4v) is 5.41. The van der Waals surface area contributed by atoms with Gasteiger partial charge in [-0.15, -0.1) is 10.2 Å². The van der Waals surface area contributed by atoms with Gasteiger partial charge in [0, 0.05) is 63.7 Å². The maximum atomic E-state index is 13.3. The smallest absolute Gasteiger partial charge is 0.273 e. The number of rotatable bonds is 8. The summed E-state index contributed by atoms with van der Waals surface area (Å²) in [6.45, 7) is 2.44. The molecule has 3 N–H and O–H groups in total. The average Bonchev–Trinajstić information content (AvgIpc) is 3.80. The Hall–Kier alpha value is -5.33. The van der Waals surface area contributed by atoms with E-state index in [-0.39, 0.29) is 35.3 Å². The molecule has 226 valence electrons. The van der Waals surface area contributed by atoms with Crippen LogP contribution >= 0.6 is 0 Å². The van der Waals surface area contributed by atoms with Crippen LogP contribution in [0.15, 0.2) is 48.8 Å². The molecule has 1 saturated carbocycles. The number of benzene rings is 1. The monoisotopic (exact) mass is 594 g/mol. The van der Waals surface area contributed by atoms with E-state index in [1.54, 1.807) is 28.9 Å². The van der Waals surface area contributed by atoms with Crippen LogP contribution in [0.3, 0.4) is 0 Å². The van der Waals surface area contributed by atoms with Crippen LogP contribution in [0.2, 0.25) is 0 Å². The van der Waals surface area contributed by atoms with E-state index in [0.29, 0.717) is 17.9 Å². The van der Waals surface area contributed by atoms with Gasteiger partial charge in [-0.1, -0.05) is 12.1 Å². The van der Waals surface area contributed by atoms with Crippen LogP contribution in [0.4, 0.5) is 22.9 Å². The summed E-state index contributed by atoms with van der Waals surface area (Å²) in [4.78, 5) is 46.7. The van der Waals surface area contributed by atoms with E-state index < -0.39 is 5.91 Å². The van der Waals surface area contributed by atoms with Gasteiger partial charge in [-0.25, -0.2) is 0 Å². The molecule has 4 heterocycles. The van der Waals surface area contributed by atoms with Gasteiger partial charge in [0.2, 0.25) is 5.91 Å². The number of aryl methyl sites for hydroxylation is 1. The first kappa shape index (κ1) is 28.8. The third-order valence-corrected chi connectivity index (χ3v) is 8.08. The summed E-state index contributed by atoms with van der Waals surface area (Å²) in [5.41, 5.74) is 6.09. The van der Waals surface area contributed by atoms with E-state index >= 15 is 0 Å². The van der Waals surface area contributed by atoms with E-state index in [0.717, 1.165) is 46.6 Å². The molecule has 1 atom stereocenters. The molecule has 3 amide bonds. The standard InChI is InChI=1S/C31H34N10O3/c1-17-21-13-25(31(44)39(3)16-19-11-12-40(4)38-19)33-15-22(21)20-7-6-8-23(28(20)41(17)5)34-24-14-26(35-29(42)18-9-10-18)36-37-27(24)30(43)32-2/h6-8,11-15,17-18H,9-10,16H2,1-5H3,(H,32,43)(H2,34,35,36,42). The molecular weight excluding hydrogens is 560 g/mol. The molecule has 2 aliphatic rings. The molecule has 1 aromatic carbocycles. The number of nitrogens with zero attached hydrogens (tertiary/aromatic N) is 7. The van der Waals surface area contributed by atoms with E-state index in [4.69, 9.17) is 0 Å². The number of carbonyl (C=O) groups is 3. The van der Waals surface area contributed by atoms with Crippen LogP contribution in [0.5, 0.6) is 0 Å². The topological polar surface area (TPSA) is 150 Å². The third-order valence-electron chi connectivity index (χ3n) is 8.08. The highest BCUT2D eigenvalue weighted by Gasteiger charge is 2.32. The molecule has 13 nitrogen and oxygen atoms in total. The van der Waals surface area contributed by atoms with Crippen LogP contribution < -0.4 is 20.9 Å². The van der Waals surface area contributed by atoms with Gasteiger partial charge >= 0.3 is 0 Å². The predicted molar refractivity (Wildman–Crippen MR) is 166 cm³/mol. The summed E-state index contributed by atoms with van der Waals surface area (Å²) in [6.07, 6.45) is 5.31. The van der Waals surface area contributed by atoms with Gasteiger partial charge < -0.3 is 25.8 Å². The lowest BCUT2D eigenvalue weighted by atomic mass is 9.89. The van der Waals surface area contributed by atoms with E-state index in [9.17, 15) is 14.4 Å². The zero-order chi connectivity index (χ0) is 31.1. The first-order valence-electron chi connectivity index (χ1n) is 14.4. The molecular formula is C31H34N10O3. The largest absolute Gasteiger partial charge is 0.366 e. The van der Waals surface area contributed by atoms with Crippen molar-refractivity contribution < 1.29 is 14.4 Å². The second-order valence-electron chi connectivity index (χ2n) is 11.2. The molecule has 0 radical (unpaired) electrons. The zero-order valence-electron chi connectivity index (χ0n) is 25.3. The minimum absolute atomic E-state index is 0.00568. The highest BCUT2D eigenvalue weighted by atomic mass is 16.2.